The van der Waals surface area contributed by atoms with E-state index < -0.39 is 0 Å². The van der Waals surface area contributed by atoms with Crippen molar-refractivity contribution in [2.24, 2.45) is 0 Å². The van der Waals surface area contributed by atoms with Crippen LogP contribution in [0.5, 0.6) is 0 Å². The number of hydrogen-bond acceptors (Lipinski definition) is 1. The van der Waals surface area contributed by atoms with Gasteiger partial charge in [0.1, 0.15) is 5.82 Å². The molecule has 6 aromatic rings. The summed E-state index contributed by atoms with van der Waals surface area (Å²) in [7, 11) is 0. The average Bonchev–Trinajstić information content (AvgIpc) is 3.39. The highest BCUT2D eigenvalue weighted by Gasteiger charge is 2.18. The second kappa shape index (κ2) is 9.75. The summed E-state index contributed by atoms with van der Waals surface area (Å²) in [6, 6.07) is 36.7. The Kier molecular flexibility index (Phi) is 6.00. The molecule has 37 heavy (non-hydrogen) atoms. The number of nitrogens with one attached hydrogen (secondary N) is 1. The van der Waals surface area contributed by atoms with E-state index in [0.717, 1.165) is 33.9 Å². The maximum atomic E-state index is 5.23. The van der Waals surface area contributed by atoms with Crippen LogP contribution in [0.4, 0.5) is 0 Å². The Hall–Kier alpha value is -4.69. The second-order valence-corrected chi connectivity index (χ2v) is 9.24. The lowest BCUT2D eigenvalue weighted by Gasteiger charge is -2.09. The molecule has 6 rings (SSSR count). The number of fused-ring (bicyclic) bond motifs is 3. The monoisotopic (exact) mass is 476 g/mol. The Morgan fingerprint density at radius 2 is 1.16 bits per heavy atom. The minimum absolute atomic E-state index is 0.877. The van der Waals surface area contributed by atoms with Crippen LogP contribution in [-0.4, -0.2) is 9.97 Å². The molecule has 0 saturated carbocycles. The molecule has 178 valence electrons. The Morgan fingerprint density at radius 1 is 0.595 bits per heavy atom. The molecule has 0 unspecified atom stereocenters. The maximum absolute atomic E-state index is 5.23. The van der Waals surface area contributed by atoms with Crippen molar-refractivity contribution < 1.29 is 0 Å². The van der Waals surface area contributed by atoms with Gasteiger partial charge in [-0.1, -0.05) is 121 Å². The predicted octanol–water partition coefficient (Wildman–Crippen LogP) is 9.78. The molecule has 0 aliphatic heterocycles. The molecule has 2 heteroatoms. The van der Waals surface area contributed by atoms with Crippen LogP contribution in [0, 0.1) is 0 Å². The van der Waals surface area contributed by atoms with Gasteiger partial charge in [-0.3, -0.25) is 0 Å². The zero-order chi connectivity index (χ0) is 25.2. The first kappa shape index (κ1) is 22.8. The predicted molar refractivity (Wildman–Crippen MR) is 159 cm³/mol. The molecular weight excluding hydrogens is 448 g/mol. The quantitative estimate of drug-likeness (QED) is 0.246. The van der Waals surface area contributed by atoms with Crippen molar-refractivity contribution in [3.05, 3.63) is 126 Å². The van der Waals surface area contributed by atoms with Gasteiger partial charge in [-0.2, -0.15) is 0 Å². The van der Waals surface area contributed by atoms with E-state index >= 15 is 0 Å². The first-order valence-electron chi connectivity index (χ1n) is 12.7. The number of H-pyrrole nitrogens is 1. The highest BCUT2D eigenvalue weighted by Crippen LogP contribution is 2.38. The van der Waals surface area contributed by atoms with Gasteiger partial charge in [0, 0.05) is 16.7 Å². The number of hydrogen-bond donors (Lipinski definition) is 1. The molecule has 1 heterocycles. The summed E-state index contributed by atoms with van der Waals surface area (Å²) in [5.41, 5.74) is 7.66. The lowest BCUT2D eigenvalue weighted by Crippen LogP contribution is -1.86. The fourth-order valence-corrected chi connectivity index (χ4v) is 5.07. The minimum Gasteiger partial charge on any atom is -0.337 e. The molecular formula is C35H28N2. The highest BCUT2D eigenvalue weighted by molar-refractivity contribution is 6.13. The van der Waals surface area contributed by atoms with Crippen LogP contribution in [0.2, 0.25) is 0 Å². The lowest BCUT2D eigenvalue weighted by atomic mass is 9.97. The van der Waals surface area contributed by atoms with Crippen LogP contribution >= 0.6 is 0 Å². The third kappa shape index (κ3) is 4.28. The van der Waals surface area contributed by atoms with E-state index in [9.17, 15) is 0 Å². The molecule has 0 saturated heterocycles. The Balaban J connectivity index is 1.58. The van der Waals surface area contributed by atoms with Crippen LogP contribution in [0.25, 0.3) is 67.6 Å². The molecule has 0 radical (unpaired) electrons. The summed E-state index contributed by atoms with van der Waals surface area (Å²) >= 11 is 0. The van der Waals surface area contributed by atoms with Crippen LogP contribution in [0.3, 0.4) is 0 Å². The van der Waals surface area contributed by atoms with Gasteiger partial charge in [0.25, 0.3) is 0 Å². The van der Waals surface area contributed by atoms with Crippen molar-refractivity contribution in [3.8, 4) is 33.9 Å². The van der Waals surface area contributed by atoms with E-state index in [-0.39, 0.29) is 0 Å². The summed E-state index contributed by atoms with van der Waals surface area (Å²) in [5.74, 6) is 0.877. The first-order valence-corrected chi connectivity index (χ1v) is 12.7. The molecule has 0 aliphatic rings. The standard InChI is InChI=1S/C35H28N2/c1-3-9-24-15-19-26(20-16-24)33-34(27-21-17-25(10-4-2)18-22-27)37-35(36-33)32-23-28-11-5-6-12-29(28)30-13-7-8-14-31(30)32/h3-23H,1-2H3,(H,36,37)/b9-3+,10-4+. The summed E-state index contributed by atoms with van der Waals surface area (Å²) < 4.78 is 0. The van der Waals surface area contributed by atoms with E-state index in [1.54, 1.807) is 0 Å². The number of nitrogens with zero attached hydrogens (tertiary/aromatic N) is 1. The van der Waals surface area contributed by atoms with Crippen molar-refractivity contribution in [3.63, 3.8) is 0 Å². The molecule has 0 amide bonds. The number of imidazole rings is 1. The third-order valence-corrected chi connectivity index (χ3v) is 6.83. The lowest BCUT2D eigenvalue weighted by molar-refractivity contribution is 1.32. The van der Waals surface area contributed by atoms with Gasteiger partial charge < -0.3 is 4.98 Å². The van der Waals surface area contributed by atoms with Crippen molar-refractivity contribution >= 4 is 33.7 Å². The zero-order valence-electron chi connectivity index (χ0n) is 21.1. The van der Waals surface area contributed by atoms with E-state index in [2.05, 4.69) is 132 Å². The topological polar surface area (TPSA) is 28.7 Å². The van der Waals surface area contributed by atoms with E-state index in [4.69, 9.17) is 4.98 Å². The van der Waals surface area contributed by atoms with Gasteiger partial charge in [-0.25, -0.2) is 4.98 Å². The van der Waals surface area contributed by atoms with Gasteiger partial charge in [-0.05, 0) is 52.6 Å². The van der Waals surface area contributed by atoms with Gasteiger partial charge in [0.05, 0.1) is 11.4 Å². The molecule has 1 aromatic heterocycles. The smallest absolute Gasteiger partial charge is 0.139 e. The fraction of sp³-hybridized carbons (Fsp3) is 0.0571. The molecule has 5 aromatic carbocycles. The Morgan fingerprint density at radius 3 is 1.81 bits per heavy atom. The Bertz CT molecular complexity index is 1690. The molecule has 2 nitrogen and oxygen atoms in total. The third-order valence-electron chi connectivity index (χ3n) is 6.83. The number of aromatic amines is 1. The molecule has 0 atom stereocenters. The zero-order valence-corrected chi connectivity index (χ0v) is 21.1. The van der Waals surface area contributed by atoms with Crippen molar-refractivity contribution in [2.75, 3.05) is 0 Å². The van der Waals surface area contributed by atoms with Crippen LogP contribution < -0.4 is 0 Å². The summed E-state index contributed by atoms with van der Waals surface area (Å²) in [4.78, 5) is 8.95. The molecule has 0 bridgehead atoms. The summed E-state index contributed by atoms with van der Waals surface area (Å²) in [6.45, 7) is 4.08. The van der Waals surface area contributed by atoms with Gasteiger partial charge in [0.15, 0.2) is 0 Å². The number of aromatic nitrogens is 2. The van der Waals surface area contributed by atoms with Crippen molar-refractivity contribution in [1.82, 2.24) is 9.97 Å². The second-order valence-electron chi connectivity index (χ2n) is 9.24. The van der Waals surface area contributed by atoms with Gasteiger partial charge >= 0.3 is 0 Å². The Labute approximate surface area is 217 Å². The molecule has 0 aliphatic carbocycles. The van der Waals surface area contributed by atoms with Crippen molar-refractivity contribution in [2.45, 2.75) is 13.8 Å². The number of allylic oxidation sites excluding steroid dienone is 2. The van der Waals surface area contributed by atoms with Crippen LogP contribution in [0.15, 0.2) is 115 Å². The summed E-state index contributed by atoms with van der Waals surface area (Å²) in [5, 5.41) is 4.90. The van der Waals surface area contributed by atoms with Gasteiger partial charge in [0.2, 0.25) is 0 Å². The van der Waals surface area contributed by atoms with Crippen LogP contribution in [0.1, 0.15) is 25.0 Å². The number of rotatable bonds is 5. The molecule has 1 N–H and O–H groups in total. The van der Waals surface area contributed by atoms with Crippen molar-refractivity contribution in [1.29, 1.82) is 0 Å². The normalized spacial score (nSPS) is 11.8. The maximum Gasteiger partial charge on any atom is 0.139 e. The minimum atomic E-state index is 0.877. The van der Waals surface area contributed by atoms with E-state index in [0.29, 0.717) is 0 Å². The van der Waals surface area contributed by atoms with E-state index in [1.165, 1.54) is 32.7 Å². The van der Waals surface area contributed by atoms with E-state index in [1.807, 2.05) is 13.8 Å². The SMILES string of the molecule is C/C=C/c1ccc(-c2nc(-c3cc4ccccc4c4ccccc34)[nH]c2-c2ccc(/C=C/C)cc2)cc1. The molecule has 0 spiro atoms. The van der Waals surface area contributed by atoms with Crippen LogP contribution in [-0.2, 0) is 0 Å². The highest BCUT2D eigenvalue weighted by atomic mass is 14.9. The molecule has 0 fully saturated rings. The number of benzene rings is 5. The average molecular weight is 477 g/mol. The largest absolute Gasteiger partial charge is 0.337 e. The van der Waals surface area contributed by atoms with Gasteiger partial charge in [-0.15, -0.1) is 0 Å². The fourth-order valence-electron chi connectivity index (χ4n) is 5.07. The first-order chi connectivity index (χ1) is 18.2. The summed E-state index contributed by atoms with van der Waals surface area (Å²) in [6.07, 6.45) is 8.35.